The van der Waals surface area contributed by atoms with Crippen LogP contribution in [0.25, 0.3) is 0 Å². The van der Waals surface area contributed by atoms with Gasteiger partial charge in [0.05, 0.1) is 46.3 Å². The van der Waals surface area contributed by atoms with Gasteiger partial charge in [-0.2, -0.15) is 0 Å². The lowest BCUT2D eigenvalue weighted by Gasteiger charge is -2.11. The number of hydrogen-bond acceptors (Lipinski definition) is 12. The van der Waals surface area contributed by atoms with Crippen molar-refractivity contribution < 1.29 is 38.4 Å². The topological polar surface area (TPSA) is 270 Å². The molecule has 0 unspecified atom stereocenters. The zero-order valence-electron chi connectivity index (χ0n) is 45.9. The summed E-state index contributed by atoms with van der Waals surface area (Å²) in [6, 6.07) is 12.3. The number of anilines is 3. The van der Waals surface area contributed by atoms with E-state index in [1.165, 1.54) is 33.7 Å². The van der Waals surface area contributed by atoms with Gasteiger partial charge in [0.15, 0.2) is 29.0 Å². The van der Waals surface area contributed by atoms with E-state index in [0.717, 1.165) is 33.8 Å². The third kappa shape index (κ3) is 11.9. The first-order valence-electron chi connectivity index (χ1n) is 25.8. The Morgan fingerprint density at radius 1 is 0.575 bits per heavy atom. The van der Waals surface area contributed by atoms with Crippen molar-refractivity contribution in [3.63, 3.8) is 0 Å². The van der Waals surface area contributed by atoms with Crippen LogP contribution in [0.5, 0.6) is 0 Å². The number of carbonyl (C=O) groups excluding carboxylic acids is 8. The van der Waals surface area contributed by atoms with Crippen molar-refractivity contribution >= 4 is 75.4 Å². The number of fused-ring (bicyclic) bond motifs is 1. The molecule has 7 aromatic heterocycles. The highest BCUT2D eigenvalue weighted by atomic mass is 16.2. The lowest BCUT2D eigenvalue weighted by Crippen LogP contribution is -2.28. The van der Waals surface area contributed by atoms with E-state index in [9.17, 15) is 38.4 Å². The molecule has 0 aliphatic carbocycles. The molecule has 0 bridgehead atoms. The maximum atomic E-state index is 13.7. The predicted octanol–water partition coefficient (Wildman–Crippen LogP) is 5.69. The molecule has 1 atom stereocenters. The number of aryl methyl sites for hydroxylation is 7. The molecule has 0 saturated heterocycles. The maximum Gasteiger partial charge on any atom is 0.292 e. The number of nitrogens with zero attached hydrogens (tertiary/aromatic N) is 11. The summed E-state index contributed by atoms with van der Waals surface area (Å²) in [7, 11) is 12.0. The monoisotopic (exact) mass is 1080 g/mol. The Morgan fingerprint density at radius 3 is 1.91 bits per heavy atom. The fourth-order valence-corrected chi connectivity index (χ4v) is 9.75. The number of rotatable bonds is 22. The molecule has 0 radical (unpaired) electrons. The summed E-state index contributed by atoms with van der Waals surface area (Å²) in [6.45, 7) is 3.78. The summed E-state index contributed by atoms with van der Waals surface area (Å²) < 4.78 is 11.4. The van der Waals surface area contributed by atoms with Gasteiger partial charge in [0.25, 0.3) is 23.6 Å². The van der Waals surface area contributed by atoms with Crippen LogP contribution in [0.2, 0.25) is 0 Å². The van der Waals surface area contributed by atoms with Gasteiger partial charge in [0.2, 0.25) is 11.6 Å². The van der Waals surface area contributed by atoms with Crippen LogP contribution in [0.15, 0.2) is 97.0 Å². The van der Waals surface area contributed by atoms with E-state index >= 15 is 0 Å². The predicted molar refractivity (Wildman–Crippen MR) is 297 cm³/mol. The Morgan fingerprint density at radius 2 is 1.21 bits per heavy atom. The third-order valence-electron chi connectivity index (χ3n) is 14.0. The smallest absolute Gasteiger partial charge is 0.292 e. The number of ketones is 4. The van der Waals surface area contributed by atoms with Crippen LogP contribution in [0.3, 0.4) is 0 Å². The van der Waals surface area contributed by atoms with E-state index in [-0.39, 0.29) is 83.6 Å². The standard InChI is InChI=1S/C57H61N15O8/c1-10-46(73)43-18-34(27-68(43)5)19-48(75)35-11-12-40-36(21-35)22-41(63-40)42-17-33(26-67(42)4)20-49(76)51-60-39(30-71(51)8)25-47(74)32(2)13-14-59-54(77)44-23-37(28-69(44)6)61-55(78)45-24-38(29-70(45)7)62-57(80)53-64-50(31-72(53)9)65-56(79)52-58-15-16-66(52)3/h11-12,15-18,21,23-24,26-32H,10,13-14,19-20,22,25H2,1-9H3,(H,59,77)(H,61,78)(H,62,80)(H,65,79)/t32-/m1/s1. The first-order chi connectivity index (χ1) is 38.1. The second-order valence-corrected chi connectivity index (χ2v) is 20.2. The molecule has 1 aliphatic heterocycles. The lowest BCUT2D eigenvalue weighted by atomic mass is 9.99. The van der Waals surface area contributed by atoms with E-state index < -0.39 is 29.5 Å². The van der Waals surface area contributed by atoms with Crippen molar-refractivity contribution in [1.29, 1.82) is 0 Å². The van der Waals surface area contributed by atoms with E-state index in [1.54, 1.807) is 104 Å². The van der Waals surface area contributed by atoms with E-state index in [4.69, 9.17) is 4.99 Å². The Balaban J connectivity index is 0.721. The van der Waals surface area contributed by atoms with Crippen molar-refractivity contribution in [2.45, 2.75) is 52.4 Å². The van der Waals surface area contributed by atoms with Crippen molar-refractivity contribution in [2.75, 3.05) is 22.5 Å². The molecule has 0 fully saturated rings. The van der Waals surface area contributed by atoms with Crippen molar-refractivity contribution in [3.05, 3.63) is 160 Å². The second kappa shape index (κ2) is 22.7. The van der Waals surface area contributed by atoms with Gasteiger partial charge in [-0.05, 0) is 65.6 Å². The van der Waals surface area contributed by atoms with E-state index in [2.05, 4.69) is 36.2 Å². The molecule has 9 rings (SSSR count). The summed E-state index contributed by atoms with van der Waals surface area (Å²) >= 11 is 0. The molecule has 0 spiro atoms. The minimum absolute atomic E-state index is 0.00203. The first-order valence-corrected chi connectivity index (χ1v) is 25.8. The number of nitrogens with one attached hydrogen (secondary N) is 4. The Bertz CT molecular complexity index is 3850. The molecule has 8 heterocycles. The molecule has 8 aromatic rings. The Kier molecular flexibility index (Phi) is 15.6. The molecule has 4 N–H and O–H groups in total. The normalized spacial score (nSPS) is 12.2. The Labute approximate surface area is 459 Å². The van der Waals surface area contributed by atoms with Crippen LogP contribution in [0.1, 0.15) is 128 Å². The van der Waals surface area contributed by atoms with Crippen molar-refractivity contribution in [3.8, 4) is 0 Å². The number of imidazole rings is 3. The SMILES string of the molecule is CCC(=O)c1cc(CC(=O)c2ccc3c(c2)CC(c2cc(CC(=O)c4nc(CC(=O)[C@H](C)CCNC(=O)c5cc(NC(=O)c6cc(NC(=O)c7nc(NC(=O)c8nccn8C)cn7C)cn6C)cn5C)cn4C)cn2C)=N3)cn1C. The number of benzene rings is 1. The van der Waals surface area contributed by atoms with Gasteiger partial charge in [-0.3, -0.25) is 43.3 Å². The van der Waals surface area contributed by atoms with Crippen molar-refractivity contribution in [2.24, 2.45) is 60.2 Å². The number of Topliss-reactive ketones (excluding diaryl/α,β-unsaturated/α-hetero) is 4. The first kappa shape index (κ1) is 55.0. The molecule has 80 heavy (non-hydrogen) atoms. The van der Waals surface area contributed by atoms with Crippen LogP contribution >= 0.6 is 0 Å². The van der Waals surface area contributed by atoms with Crippen LogP contribution in [-0.4, -0.2) is 106 Å². The minimum atomic E-state index is -0.578. The maximum absolute atomic E-state index is 13.7. The molecule has 1 aromatic carbocycles. The molecule has 1 aliphatic rings. The molecule has 412 valence electrons. The molecule has 23 heteroatoms. The number of hydrogen-bond donors (Lipinski definition) is 4. The summed E-state index contributed by atoms with van der Waals surface area (Å²) in [6.07, 6.45) is 14.7. The fraction of sp³-hybridized carbons (Fsp3) is 0.298. The second-order valence-electron chi connectivity index (χ2n) is 20.2. The zero-order valence-corrected chi connectivity index (χ0v) is 45.9. The molecule has 0 saturated carbocycles. The van der Waals surface area contributed by atoms with Gasteiger partial charge in [-0.1, -0.05) is 13.8 Å². The van der Waals surface area contributed by atoms with Crippen LogP contribution < -0.4 is 21.3 Å². The molecular weight excluding hydrogens is 1020 g/mol. The zero-order chi connectivity index (χ0) is 57.3. The summed E-state index contributed by atoms with van der Waals surface area (Å²) in [4.78, 5) is 123. The van der Waals surface area contributed by atoms with E-state index in [0.29, 0.717) is 47.6 Å². The highest BCUT2D eigenvalue weighted by Gasteiger charge is 2.26. The highest BCUT2D eigenvalue weighted by Crippen LogP contribution is 2.31. The van der Waals surface area contributed by atoms with Gasteiger partial charge in [-0.25, -0.2) is 15.0 Å². The molecule has 4 amide bonds. The number of aliphatic imine (C=N–C) groups is 1. The molecular formula is C57H61N15O8. The van der Waals surface area contributed by atoms with Crippen molar-refractivity contribution in [1.82, 2.24) is 52.2 Å². The highest BCUT2D eigenvalue weighted by molar-refractivity contribution is 6.09. The Hall–Kier alpha value is -9.80. The van der Waals surface area contributed by atoms with Crippen LogP contribution in [-0.2, 0) is 79.8 Å². The largest absolute Gasteiger partial charge is 0.351 e. The fourth-order valence-electron chi connectivity index (χ4n) is 9.75. The number of amides is 4. The van der Waals surface area contributed by atoms with Crippen LogP contribution in [0, 0.1) is 5.92 Å². The average Bonchev–Trinajstić information content (AvgIpc) is 4.31. The summed E-state index contributed by atoms with van der Waals surface area (Å²) in [5.74, 6) is -2.20. The van der Waals surface area contributed by atoms with Gasteiger partial charge in [0, 0.05) is 143 Å². The average molecular weight is 1080 g/mol. The lowest BCUT2D eigenvalue weighted by molar-refractivity contribution is -0.121. The number of carbonyl (C=O) groups is 8. The van der Waals surface area contributed by atoms with Gasteiger partial charge < -0.3 is 53.2 Å². The summed E-state index contributed by atoms with van der Waals surface area (Å²) in [5.41, 5.74) is 7.70. The van der Waals surface area contributed by atoms with Gasteiger partial charge in [-0.15, -0.1) is 0 Å². The molecule has 23 nitrogen and oxygen atoms in total. The number of aromatic nitrogens is 10. The van der Waals surface area contributed by atoms with Gasteiger partial charge in [0.1, 0.15) is 17.2 Å². The third-order valence-corrected chi connectivity index (χ3v) is 14.0. The summed E-state index contributed by atoms with van der Waals surface area (Å²) in [5, 5.41) is 11.0. The minimum Gasteiger partial charge on any atom is -0.351 e. The van der Waals surface area contributed by atoms with Gasteiger partial charge >= 0.3 is 0 Å². The quantitative estimate of drug-likeness (QED) is 0.0599. The van der Waals surface area contributed by atoms with E-state index in [1.807, 2.05) is 49.1 Å². The van der Waals surface area contributed by atoms with Crippen LogP contribution in [0.4, 0.5) is 22.9 Å².